The molecule has 0 aromatic heterocycles. The highest BCUT2D eigenvalue weighted by molar-refractivity contribution is 7.95. The van der Waals surface area contributed by atoms with Crippen molar-refractivity contribution >= 4 is 77.8 Å². The van der Waals surface area contributed by atoms with Gasteiger partial charge in [-0.3, -0.25) is 9.11 Å². The SMILES string of the molecule is O=S(=O)(O)c1ccc2c(O)c(N=Nc3ccc(N=Nc4ccc(SOOO)cc4)cc3S(=O)(=O)O)c(SOOO)cc2c1. The molecule has 0 unspecified atom stereocenters. The first kappa shape index (κ1) is 32.3. The van der Waals surface area contributed by atoms with Crippen molar-refractivity contribution < 1.29 is 60.3 Å². The summed E-state index contributed by atoms with van der Waals surface area (Å²) >= 11 is 1.06. The summed E-state index contributed by atoms with van der Waals surface area (Å²) in [5.41, 5.74) is -0.321. The first-order valence-corrected chi connectivity index (χ1v) is 15.4. The summed E-state index contributed by atoms with van der Waals surface area (Å²) in [4.78, 5) is -0.705. The second kappa shape index (κ2) is 13.8. The van der Waals surface area contributed by atoms with Crippen molar-refractivity contribution in [1.29, 1.82) is 0 Å². The third kappa shape index (κ3) is 8.29. The van der Waals surface area contributed by atoms with Gasteiger partial charge in [-0.1, -0.05) is 10.1 Å². The summed E-state index contributed by atoms with van der Waals surface area (Å²) in [5.74, 6) is -0.564. The van der Waals surface area contributed by atoms with Crippen LogP contribution in [0.1, 0.15) is 0 Å². The molecule has 0 saturated carbocycles. The van der Waals surface area contributed by atoms with Crippen LogP contribution in [0.25, 0.3) is 10.8 Å². The normalized spacial score (nSPS) is 12.6. The highest BCUT2D eigenvalue weighted by Gasteiger charge is 2.20. The maximum absolute atomic E-state index is 12.1. The zero-order valence-electron chi connectivity index (χ0n) is 20.8. The molecule has 0 bridgehead atoms. The zero-order chi connectivity index (χ0) is 31.2. The van der Waals surface area contributed by atoms with Gasteiger partial charge in [-0.05, 0) is 72.1 Å². The number of azo groups is 2. The molecule has 0 radical (unpaired) electrons. The molecule has 4 rings (SSSR count). The summed E-state index contributed by atoms with van der Waals surface area (Å²) in [6.45, 7) is 0. The van der Waals surface area contributed by atoms with Crippen molar-refractivity contribution in [1.82, 2.24) is 0 Å². The Labute approximate surface area is 250 Å². The van der Waals surface area contributed by atoms with Gasteiger partial charge in [0.1, 0.15) is 16.3 Å². The Bertz CT molecular complexity index is 1920. The van der Waals surface area contributed by atoms with Crippen LogP contribution in [0.2, 0.25) is 0 Å². The predicted molar refractivity (Wildman–Crippen MR) is 148 cm³/mol. The fourth-order valence-corrected chi connectivity index (χ4v) is 5.41. The smallest absolute Gasteiger partial charge is 0.296 e. The topological polar surface area (TPSA) is 256 Å². The van der Waals surface area contributed by atoms with Gasteiger partial charge in [0.15, 0.2) is 5.75 Å². The Morgan fingerprint density at radius 2 is 1.33 bits per heavy atom. The van der Waals surface area contributed by atoms with Gasteiger partial charge in [-0.15, -0.1) is 18.9 Å². The lowest BCUT2D eigenvalue weighted by Gasteiger charge is -2.10. The van der Waals surface area contributed by atoms with E-state index in [1.54, 1.807) is 24.3 Å². The van der Waals surface area contributed by atoms with Crippen LogP contribution < -0.4 is 0 Å². The van der Waals surface area contributed by atoms with E-state index in [-0.39, 0.29) is 32.7 Å². The van der Waals surface area contributed by atoms with Crippen LogP contribution in [0.3, 0.4) is 0 Å². The molecule has 4 aromatic rings. The zero-order valence-corrected chi connectivity index (χ0v) is 24.0. The van der Waals surface area contributed by atoms with Gasteiger partial charge < -0.3 is 5.11 Å². The van der Waals surface area contributed by atoms with E-state index in [9.17, 15) is 31.0 Å². The highest BCUT2D eigenvalue weighted by Crippen LogP contribution is 2.45. The van der Waals surface area contributed by atoms with Crippen LogP contribution in [0, 0.1) is 0 Å². The lowest BCUT2D eigenvalue weighted by Crippen LogP contribution is -1.98. The van der Waals surface area contributed by atoms with E-state index in [1.165, 1.54) is 18.2 Å². The van der Waals surface area contributed by atoms with Gasteiger partial charge >= 0.3 is 0 Å². The largest absolute Gasteiger partial charge is 0.505 e. The fourth-order valence-electron chi connectivity index (χ4n) is 3.40. The summed E-state index contributed by atoms with van der Waals surface area (Å²) in [6.07, 6.45) is 0. The van der Waals surface area contributed by atoms with E-state index in [0.717, 1.165) is 36.3 Å². The number of fused-ring (bicyclic) bond motifs is 1. The molecule has 5 N–H and O–H groups in total. The van der Waals surface area contributed by atoms with E-state index in [0.29, 0.717) is 22.6 Å². The molecule has 21 heteroatoms. The minimum absolute atomic E-state index is 0.00923. The number of hydrogen-bond acceptors (Lipinski definition) is 17. The van der Waals surface area contributed by atoms with Gasteiger partial charge in [-0.25, -0.2) is 10.5 Å². The number of aromatic hydroxyl groups is 1. The first-order chi connectivity index (χ1) is 20.4. The van der Waals surface area contributed by atoms with Gasteiger partial charge in [0.05, 0.1) is 45.3 Å². The van der Waals surface area contributed by atoms with E-state index < -0.39 is 35.8 Å². The van der Waals surface area contributed by atoms with Crippen molar-refractivity contribution in [2.24, 2.45) is 20.5 Å². The van der Waals surface area contributed by atoms with Gasteiger partial charge in [0, 0.05) is 10.3 Å². The molecule has 0 spiro atoms. The van der Waals surface area contributed by atoms with Crippen molar-refractivity contribution in [3.05, 3.63) is 66.7 Å². The summed E-state index contributed by atoms with van der Waals surface area (Å²) in [5, 5.41) is 50.5. The maximum Gasteiger partial charge on any atom is 0.296 e. The van der Waals surface area contributed by atoms with Crippen molar-refractivity contribution in [2.75, 3.05) is 0 Å². The van der Waals surface area contributed by atoms with Crippen molar-refractivity contribution in [3.63, 3.8) is 0 Å². The van der Waals surface area contributed by atoms with Crippen LogP contribution in [0.15, 0.2) is 107 Å². The van der Waals surface area contributed by atoms with Gasteiger partial charge in [0.2, 0.25) is 0 Å². The van der Waals surface area contributed by atoms with E-state index in [1.807, 2.05) is 0 Å². The Morgan fingerprint density at radius 1 is 0.674 bits per heavy atom. The Kier molecular flexibility index (Phi) is 10.4. The number of benzene rings is 4. The molecule has 0 aliphatic heterocycles. The van der Waals surface area contributed by atoms with Crippen LogP contribution in [-0.4, -0.2) is 41.6 Å². The molecule has 0 amide bonds. The van der Waals surface area contributed by atoms with Crippen molar-refractivity contribution in [3.8, 4) is 5.75 Å². The van der Waals surface area contributed by atoms with E-state index in [2.05, 4.69) is 39.2 Å². The van der Waals surface area contributed by atoms with Crippen LogP contribution in [0.5, 0.6) is 5.75 Å². The molecule has 0 fully saturated rings. The van der Waals surface area contributed by atoms with Crippen molar-refractivity contribution in [2.45, 2.75) is 19.6 Å². The Morgan fingerprint density at radius 3 is 1.98 bits per heavy atom. The minimum Gasteiger partial charge on any atom is -0.505 e. The fraction of sp³-hybridized carbons (Fsp3) is 0. The highest BCUT2D eigenvalue weighted by atomic mass is 32.2. The lowest BCUT2D eigenvalue weighted by atomic mass is 10.1. The summed E-state index contributed by atoms with van der Waals surface area (Å²) < 4.78 is 75.1. The molecular formula is C22H16N4O13S4. The molecule has 17 nitrogen and oxygen atoms in total. The van der Waals surface area contributed by atoms with Crippen LogP contribution >= 0.6 is 24.1 Å². The number of phenolic OH excluding ortho intramolecular Hbond substituents is 1. The van der Waals surface area contributed by atoms with E-state index >= 15 is 0 Å². The molecule has 0 saturated heterocycles. The molecule has 226 valence electrons. The third-order valence-electron chi connectivity index (χ3n) is 5.23. The van der Waals surface area contributed by atoms with Crippen LogP contribution in [-0.2, 0) is 39.0 Å². The number of hydrogen-bond donors (Lipinski definition) is 5. The minimum atomic E-state index is -4.88. The summed E-state index contributed by atoms with van der Waals surface area (Å²) in [6, 6.07) is 14.2. The molecule has 4 aromatic carbocycles. The molecular weight excluding hydrogens is 657 g/mol. The predicted octanol–water partition coefficient (Wildman–Crippen LogP) is 6.73. The molecule has 43 heavy (non-hydrogen) atoms. The number of nitrogens with zero attached hydrogens (tertiary/aromatic N) is 4. The van der Waals surface area contributed by atoms with Crippen LogP contribution in [0.4, 0.5) is 22.7 Å². The Hall–Kier alpha value is -3.58. The molecule has 0 aliphatic carbocycles. The number of phenols is 1. The monoisotopic (exact) mass is 672 g/mol. The molecule has 0 aliphatic rings. The second-order valence-corrected chi connectivity index (χ2v) is 12.2. The third-order valence-corrected chi connectivity index (χ3v) is 8.18. The average molecular weight is 673 g/mol. The second-order valence-electron chi connectivity index (χ2n) is 7.90. The van der Waals surface area contributed by atoms with Gasteiger partial charge in [-0.2, -0.15) is 27.1 Å². The standard InChI is InChI=1S/C22H16N4O13S4/c27-22-17-7-6-16(42(30,31)32)9-12(17)10-19(41-39-37-29)21(22)26-25-18-8-3-14(11-20(18)43(33,34)35)24-23-13-1-4-15(5-2-13)40-38-36-28/h1-11,27-29H,(H,30,31,32)(H,33,34,35). The molecule has 0 heterocycles. The maximum atomic E-state index is 12.1. The quantitative estimate of drug-likeness (QED) is 0.0344. The van der Waals surface area contributed by atoms with E-state index in [4.69, 9.17) is 10.5 Å². The first-order valence-electron chi connectivity index (χ1n) is 11.0. The average Bonchev–Trinajstić information content (AvgIpc) is 2.97. The molecule has 0 atom stereocenters. The number of rotatable bonds is 12. The lowest BCUT2D eigenvalue weighted by molar-refractivity contribution is -0.432. The summed E-state index contributed by atoms with van der Waals surface area (Å²) in [7, 11) is -9.46. The Balaban J connectivity index is 1.70. The van der Waals surface area contributed by atoms with Gasteiger partial charge in [0.25, 0.3) is 20.2 Å².